The van der Waals surface area contributed by atoms with E-state index < -0.39 is 0 Å². The van der Waals surface area contributed by atoms with Crippen molar-refractivity contribution in [3.63, 3.8) is 0 Å². The van der Waals surface area contributed by atoms with Crippen molar-refractivity contribution in [2.24, 2.45) is 5.92 Å². The lowest BCUT2D eigenvalue weighted by molar-refractivity contribution is -0.126. The molecule has 1 saturated heterocycles. The van der Waals surface area contributed by atoms with Gasteiger partial charge in [-0.15, -0.1) is 0 Å². The van der Waals surface area contributed by atoms with Gasteiger partial charge < -0.3 is 5.32 Å². The Bertz CT molecular complexity index is 347. The molecule has 80 valence electrons. The summed E-state index contributed by atoms with van der Waals surface area (Å²) in [7, 11) is 0. The fraction of sp³-hybridized carbons (Fsp3) is 0.417. The van der Waals surface area contributed by atoms with Gasteiger partial charge in [0.1, 0.15) is 0 Å². The molecule has 0 unspecified atom stereocenters. The second-order valence-electron chi connectivity index (χ2n) is 3.96. The van der Waals surface area contributed by atoms with Gasteiger partial charge >= 0.3 is 0 Å². The van der Waals surface area contributed by atoms with Crippen LogP contribution in [0.15, 0.2) is 28.7 Å². The van der Waals surface area contributed by atoms with Crippen molar-refractivity contribution in [2.45, 2.75) is 19.3 Å². The van der Waals surface area contributed by atoms with E-state index in [9.17, 15) is 4.79 Å². The third-order valence-corrected chi connectivity index (χ3v) is 3.32. The van der Waals surface area contributed by atoms with Crippen LogP contribution in [0.3, 0.4) is 0 Å². The average molecular weight is 268 g/mol. The summed E-state index contributed by atoms with van der Waals surface area (Å²) in [6.07, 6.45) is 2.98. The van der Waals surface area contributed by atoms with Gasteiger partial charge in [0.2, 0.25) is 5.91 Å². The number of benzene rings is 1. The Balaban J connectivity index is 2.01. The van der Waals surface area contributed by atoms with Crippen molar-refractivity contribution in [3.8, 4) is 0 Å². The maximum Gasteiger partial charge on any atom is 0.223 e. The number of carbonyl (C=O) groups is 1. The number of nitrogens with one attached hydrogen (secondary N) is 1. The maximum absolute atomic E-state index is 11.5. The van der Waals surface area contributed by atoms with Crippen LogP contribution < -0.4 is 5.32 Å². The summed E-state index contributed by atoms with van der Waals surface area (Å²) in [4.78, 5) is 11.5. The van der Waals surface area contributed by atoms with E-state index in [-0.39, 0.29) is 11.8 Å². The van der Waals surface area contributed by atoms with Crippen molar-refractivity contribution in [1.82, 2.24) is 5.32 Å². The van der Waals surface area contributed by atoms with Crippen LogP contribution in [0, 0.1) is 5.92 Å². The topological polar surface area (TPSA) is 29.1 Å². The van der Waals surface area contributed by atoms with E-state index in [0.717, 1.165) is 30.3 Å². The first-order valence-corrected chi connectivity index (χ1v) is 6.07. The normalized spacial score (nSPS) is 21.1. The Kier molecular flexibility index (Phi) is 3.41. The van der Waals surface area contributed by atoms with Crippen molar-refractivity contribution in [2.75, 3.05) is 6.54 Å². The molecular formula is C12H14BrNO. The number of hydrogen-bond acceptors (Lipinski definition) is 1. The van der Waals surface area contributed by atoms with Gasteiger partial charge in [-0.1, -0.05) is 28.1 Å². The Labute approximate surface area is 98.2 Å². The van der Waals surface area contributed by atoms with Crippen LogP contribution in [-0.4, -0.2) is 12.5 Å². The van der Waals surface area contributed by atoms with Gasteiger partial charge in [-0.3, -0.25) is 4.79 Å². The molecule has 1 aromatic rings. The number of amides is 1. The molecule has 2 nitrogen and oxygen atoms in total. The monoisotopic (exact) mass is 267 g/mol. The van der Waals surface area contributed by atoms with Crippen LogP contribution in [0.4, 0.5) is 0 Å². The molecule has 1 aliphatic rings. The molecule has 0 spiro atoms. The minimum Gasteiger partial charge on any atom is -0.356 e. The van der Waals surface area contributed by atoms with Gasteiger partial charge in [0.25, 0.3) is 0 Å². The summed E-state index contributed by atoms with van der Waals surface area (Å²) in [5.41, 5.74) is 1.24. The molecule has 1 atom stereocenters. The van der Waals surface area contributed by atoms with Crippen LogP contribution >= 0.6 is 15.9 Å². The summed E-state index contributed by atoms with van der Waals surface area (Å²) in [6, 6.07) is 8.20. The van der Waals surface area contributed by atoms with E-state index in [2.05, 4.69) is 33.4 Å². The Hall–Kier alpha value is -0.830. The molecule has 1 heterocycles. The van der Waals surface area contributed by atoms with Crippen LogP contribution in [-0.2, 0) is 11.2 Å². The predicted octanol–water partition coefficient (Wildman–Crippen LogP) is 2.52. The van der Waals surface area contributed by atoms with E-state index in [1.807, 2.05) is 12.1 Å². The van der Waals surface area contributed by atoms with Gasteiger partial charge in [0.05, 0.1) is 0 Å². The van der Waals surface area contributed by atoms with Gasteiger partial charge in [0, 0.05) is 16.9 Å². The lowest BCUT2D eigenvalue weighted by Gasteiger charge is -2.21. The predicted molar refractivity (Wildman–Crippen MR) is 63.6 cm³/mol. The van der Waals surface area contributed by atoms with Gasteiger partial charge in [-0.2, -0.15) is 0 Å². The second-order valence-corrected chi connectivity index (χ2v) is 4.88. The number of halogens is 1. The second kappa shape index (κ2) is 4.79. The molecule has 1 aromatic carbocycles. The highest BCUT2D eigenvalue weighted by molar-refractivity contribution is 9.10. The molecule has 3 heteroatoms. The molecule has 1 aliphatic heterocycles. The Morgan fingerprint density at radius 3 is 2.73 bits per heavy atom. The third kappa shape index (κ3) is 2.81. The molecule has 0 aliphatic carbocycles. The number of piperidine rings is 1. The van der Waals surface area contributed by atoms with Crippen molar-refractivity contribution in [1.29, 1.82) is 0 Å². The summed E-state index contributed by atoms with van der Waals surface area (Å²) in [5, 5.41) is 2.92. The third-order valence-electron chi connectivity index (χ3n) is 2.79. The van der Waals surface area contributed by atoms with Crippen LogP contribution in [0.5, 0.6) is 0 Å². The molecule has 0 aromatic heterocycles. The molecule has 15 heavy (non-hydrogen) atoms. The van der Waals surface area contributed by atoms with E-state index in [0.29, 0.717) is 0 Å². The lowest BCUT2D eigenvalue weighted by Crippen LogP contribution is -2.37. The van der Waals surface area contributed by atoms with Crippen LogP contribution in [0.1, 0.15) is 18.4 Å². The van der Waals surface area contributed by atoms with Gasteiger partial charge in [-0.25, -0.2) is 0 Å². The number of rotatable bonds is 2. The Morgan fingerprint density at radius 1 is 1.33 bits per heavy atom. The highest BCUT2D eigenvalue weighted by atomic mass is 79.9. The van der Waals surface area contributed by atoms with Crippen LogP contribution in [0.25, 0.3) is 0 Å². The molecule has 0 radical (unpaired) electrons. The van der Waals surface area contributed by atoms with E-state index >= 15 is 0 Å². The van der Waals surface area contributed by atoms with Crippen molar-refractivity contribution < 1.29 is 4.79 Å². The molecule has 1 N–H and O–H groups in total. The molecule has 2 rings (SSSR count). The van der Waals surface area contributed by atoms with E-state index in [4.69, 9.17) is 0 Å². The standard InChI is InChI=1S/C12H14BrNO/c13-11-5-3-9(4-6-11)8-10-2-1-7-14-12(10)15/h3-6,10H,1-2,7-8H2,(H,14,15)/t10-/m0/s1. The quantitative estimate of drug-likeness (QED) is 0.877. The zero-order valence-electron chi connectivity index (χ0n) is 8.50. The minimum absolute atomic E-state index is 0.167. The Morgan fingerprint density at radius 2 is 2.07 bits per heavy atom. The SMILES string of the molecule is O=C1NCCC[C@H]1Cc1ccc(Br)cc1. The smallest absolute Gasteiger partial charge is 0.223 e. The zero-order valence-corrected chi connectivity index (χ0v) is 10.1. The highest BCUT2D eigenvalue weighted by Crippen LogP contribution is 2.19. The van der Waals surface area contributed by atoms with Gasteiger partial charge in [-0.05, 0) is 37.0 Å². The van der Waals surface area contributed by atoms with E-state index in [1.165, 1.54) is 5.56 Å². The lowest BCUT2D eigenvalue weighted by atomic mass is 9.92. The van der Waals surface area contributed by atoms with Crippen molar-refractivity contribution in [3.05, 3.63) is 34.3 Å². The fourth-order valence-electron chi connectivity index (χ4n) is 1.94. The van der Waals surface area contributed by atoms with Crippen molar-refractivity contribution >= 4 is 21.8 Å². The first-order chi connectivity index (χ1) is 7.25. The summed E-state index contributed by atoms with van der Waals surface area (Å²) >= 11 is 3.40. The average Bonchev–Trinajstić information content (AvgIpc) is 2.25. The summed E-state index contributed by atoms with van der Waals surface area (Å²) < 4.78 is 1.08. The molecule has 0 saturated carbocycles. The van der Waals surface area contributed by atoms with Gasteiger partial charge in [0.15, 0.2) is 0 Å². The van der Waals surface area contributed by atoms with E-state index in [1.54, 1.807) is 0 Å². The first kappa shape index (κ1) is 10.7. The number of carbonyl (C=O) groups excluding carboxylic acids is 1. The summed E-state index contributed by atoms with van der Waals surface area (Å²) in [6.45, 7) is 0.843. The molecule has 0 bridgehead atoms. The highest BCUT2D eigenvalue weighted by Gasteiger charge is 2.21. The summed E-state index contributed by atoms with van der Waals surface area (Å²) in [5.74, 6) is 0.379. The molecular weight excluding hydrogens is 254 g/mol. The first-order valence-electron chi connectivity index (χ1n) is 5.28. The minimum atomic E-state index is 0.167. The number of hydrogen-bond donors (Lipinski definition) is 1. The zero-order chi connectivity index (χ0) is 10.7. The largest absolute Gasteiger partial charge is 0.356 e. The fourth-order valence-corrected chi connectivity index (χ4v) is 2.20. The molecule has 1 fully saturated rings. The molecule has 1 amide bonds. The van der Waals surface area contributed by atoms with Crippen LogP contribution in [0.2, 0.25) is 0 Å². The maximum atomic E-state index is 11.5.